The zero-order valence-corrected chi connectivity index (χ0v) is 16.6. The Morgan fingerprint density at radius 3 is 2.76 bits per heavy atom. The number of anilines is 1. The molecular weight excluding hydrogens is 367 g/mol. The molecule has 0 saturated carbocycles. The summed E-state index contributed by atoms with van der Waals surface area (Å²) in [7, 11) is 0. The van der Waals surface area contributed by atoms with Gasteiger partial charge in [-0.2, -0.15) is 0 Å². The van der Waals surface area contributed by atoms with Crippen LogP contribution in [0.25, 0.3) is 0 Å². The van der Waals surface area contributed by atoms with Crippen LogP contribution in [-0.2, 0) is 13.0 Å². The van der Waals surface area contributed by atoms with Crippen molar-refractivity contribution in [2.45, 2.75) is 39.3 Å². The average Bonchev–Trinajstić information content (AvgIpc) is 2.69. The van der Waals surface area contributed by atoms with Crippen molar-refractivity contribution in [3.8, 4) is 0 Å². The third-order valence-corrected chi connectivity index (χ3v) is 5.46. The first kappa shape index (κ1) is 19.1. The Morgan fingerprint density at radius 1 is 1.14 bits per heavy atom. The minimum absolute atomic E-state index is 0.00221. The molecule has 4 nitrogen and oxygen atoms in total. The van der Waals surface area contributed by atoms with Crippen LogP contribution in [0, 0.1) is 12.7 Å². The van der Waals surface area contributed by atoms with E-state index in [0.29, 0.717) is 12.1 Å². The van der Waals surface area contributed by atoms with Gasteiger partial charge in [-0.25, -0.2) is 4.39 Å². The molecule has 2 heterocycles. The maximum Gasteiger partial charge on any atom is 0.260 e. The van der Waals surface area contributed by atoms with Crippen molar-refractivity contribution < 1.29 is 9.18 Å². The van der Waals surface area contributed by atoms with Crippen molar-refractivity contribution in [3.63, 3.8) is 0 Å². The van der Waals surface area contributed by atoms with Gasteiger partial charge in [-0.15, -0.1) is 0 Å². The van der Waals surface area contributed by atoms with E-state index in [0.717, 1.165) is 35.2 Å². The molecule has 0 spiro atoms. The molecule has 0 saturated heterocycles. The van der Waals surface area contributed by atoms with E-state index >= 15 is 0 Å². The lowest BCUT2D eigenvalue weighted by atomic mass is 9.95. The van der Waals surface area contributed by atoms with Gasteiger partial charge in [-0.05, 0) is 62.1 Å². The topological polar surface area (TPSA) is 42.3 Å². The molecule has 0 fully saturated rings. The molecule has 1 aliphatic heterocycles. The van der Waals surface area contributed by atoms with Crippen molar-refractivity contribution in [1.82, 2.24) is 4.57 Å². The number of pyridine rings is 1. The summed E-state index contributed by atoms with van der Waals surface area (Å²) in [6.07, 6.45) is 3.13. The van der Waals surface area contributed by atoms with Gasteiger partial charge >= 0.3 is 0 Å². The number of benzene rings is 2. The number of carbonyl (C=O) groups excluding carboxylic acids is 1. The van der Waals surface area contributed by atoms with E-state index < -0.39 is 0 Å². The number of hydrogen-bond donors (Lipinski definition) is 0. The second kappa shape index (κ2) is 7.66. The minimum atomic E-state index is -0.294. The summed E-state index contributed by atoms with van der Waals surface area (Å²) in [6, 6.07) is 15.5. The molecule has 1 aliphatic rings. The van der Waals surface area contributed by atoms with Crippen LogP contribution in [0.4, 0.5) is 10.1 Å². The maximum atomic E-state index is 13.6. The first-order valence-corrected chi connectivity index (χ1v) is 9.80. The quantitative estimate of drug-likeness (QED) is 0.668. The highest BCUT2D eigenvalue weighted by atomic mass is 19.1. The van der Waals surface area contributed by atoms with Gasteiger partial charge in [-0.3, -0.25) is 9.59 Å². The number of rotatable bonds is 3. The molecular formula is C24H23FN2O2. The predicted molar refractivity (Wildman–Crippen MR) is 112 cm³/mol. The fraction of sp³-hybridized carbons (Fsp3) is 0.250. The van der Waals surface area contributed by atoms with Crippen LogP contribution in [0.5, 0.6) is 0 Å². The second-order valence-corrected chi connectivity index (χ2v) is 7.71. The van der Waals surface area contributed by atoms with E-state index in [4.69, 9.17) is 0 Å². The lowest BCUT2D eigenvalue weighted by Crippen LogP contribution is -2.42. The molecule has 1 amide bonds. The summed E-state index contributed by atoms with van der Waals surface area (Å²) in [5.74, 6) is -0.472. The highest BCUT2D eigenvalue weighted by Crippen LogP contribution is 2.32. The van der Waals surface area contributed by atoms with Crippen LogP contribution >= 0.6 is 0 Å². The van der Waals surface area contributed by atoms with Crippen LogP contribution in [0.2, 0.25) is 0 Å². The Kier molecular flexibility index (Phi) is 5.05. The molecule has 0 aliphatic carbocycles. The summed E-state index contributed by atoms with van der Waals surface area (Å²) in [6.45, 7) is 4.40. The first-order chi connectivity index (χ1) is 13.9. The number of aryl methyl sites for hydroxylation is 2. The van der Waals surface area contributed by atoms with E-state index in [1.54, 1.807) is 27.8 Å². The van der Waals surface area contributed by atoms with Crippen molar-refractivity contribution >= 4 is 11.6 Å². The lowest BCUT2D eigenvalue weighted by molar-refractivity contribution is 0.0974. The van der Waals surface area contributed by atoms with E-state index in [1.807, 2.05) is 38.1 Å². The van der Waals surface area contributed by atoms with Crippen molar-refractivity contribution in [2.24, 2.45) is 0 Å². The summed E-state index contributed by atoms with van der Waals surface area (Å²) >= 11 is 0. The normalized spacial score (nSPS) is 15.8. The molecule has 0 N–H and O–H groups in total. The highest BCUT2D eigenvalue weighted by molar-refractivity contribution is 6.07. The largest absolute Gasteiger partial charge is 0.310 e. The van der Waals surface area contributed by atoms with Gasteiger partial charge in [0.1, 0.15) is 5.82 Å². The van der Waals surface area contributed by atoms with Crippen LogP contribution in [-0.4, -0.2) is 16.5 Å². The van der Waals surface area contributed by atoms with E-state index in [1.165, 1.54) is 18.2 Å². The first-order valence-electron chi connectivity index (χ1n) is 9.80. The Bertz CT molecular complexity index is 1140. The molecule has 1 atom stereocenters. The number of carbonyl (C=O) groups is 1. The fourth-order valence-electron chi connectivity index (χ4n) is 3.96. The third-order valence-electron chi connectivity index (χ3n) is 5.46. The average molecular weight is 390 g/mol. The van der Waals surface area contributed by atoms with E-state index in [-0.39, 0.29) is 23.3 Å². The molecule has 148 valence electrons. The van der Waals surface area contributed by atoms with Gasteiger partial charge in [0, 0.05) is 24.0 Å². The molecule has 4 rings (SSSR count). The van der Waals surface area contributed by atoms with Crippen LogP contribution in [0.15, 0.2) is 65.6 Å². The molecule has 2 aromatic carbocycles. The van der Waals surface area contributed by atoms with E-state index in [9.17, 15) is 14.0 Å². The Hall–Kier alpha value is -3.21. The number of aromatic nitrogens is 1. The van der Waals surface area contributed by atoms with Gasteiger partial charge < -0.3 is 9.47 Å². The highest BCUT2D eigenvalue weighted by Gasteiger charge is 2.29. The van der Waals surface area contributed by atoms with Gasteiger partial charge in [0.2, 0.25) is 0 Å². The van der Waals surface area contributed by atoms with Crippen molar-refractivity contribution in [3.05, 3.63) is 99.2 Å². The molecule has 0 unspecified atom stereocenters. The van der Waals surface area contributed by atoms with Crippen LogP contribution < -0.4 is 10.5 Å². The second-order valence-electron chi connectivity index (χ2n) is 7.71. The van der Waals surface area contributed by atoms with Crippen molar-refractivity contribution in [2.75, 3.05) is 4.90 Å². The summed E-state index contributed by atoms with van der Waals surface area (Å²) < 4.78 is 15.2. The van der Waals surface area contributed by atoms with Gasteiger partial charge in [0.05, 0.1) is 12.1 Å². The number of fused-ring (bicyclic) bond motifs is 1. The summed E-state index contributed by atoms with van der Waals surface area (Å²) in [5.41, 5.74) is 3.99. The maximum absolute atomic E-state index is 13.6. The fourth-order valence-corrected chi connectivity index (χ4v) is 3.96. The Balaban J connectivity index is 1.68. The molecule has 0 radical (unpaired) electrons. The predicted octanol–water partition coefficient (Wildman–Crippen LogP) is 4.33. The van der Waals surface area contributed by atoms with Crippen LogP contribution in [0.3, 0.4) is 0 Å². The third kappa shape index (κ3) is 3.86. The van der Waals surface area contributed by atoms with E-state index in [2.05, 4.69) is 0 Å². The van der Waals surface area contributed by atoms with Gasteiger partial charge in [0.15, 0.2) is 0 Å². The Morgan fingerprint density at radius 2 is 1.97 bits per heavy atom. The molecule has 3 aromatic rings. The monoisotopic (exact) mass is 390 g/mol. The Labute approximate surface area is 169 Å². The number of amides is 1. The molecule has 0 bridgehead atoms. The lowest BCUT2D eigenvalue weighted by Gasteiger charge is -2.35. The molecule has 29 heavy (non-hydrogen) atoms. The number of halogens is 1. The van der Waals surface area contributed by atoms with Gasteiger partial charge in [0.25, 0.3) is 11.5 Å². The molecule has 1 aromatic heterocycles. The van der Waals surface area contributed by atoms with Crippen LogP contribution in [0.1, 0.15) is 40.4 Å². The van der Waals surface area contributed by atoms with Gasteiger partial charge in [-0.1, -0.05) is 29.8 Å². The molecule has 5 heteroatoms. The SMILES string of the molecule is Cc1cccc(Cn2cc(C(=O)N3c4ccc(F)cc4CC[C@H]3C)ccc2=O)c1. The minimum Gasteiger partial charge on any atom is -0.310 e. The number of hydrogen-bond acceptors (Lipinski definition) is 2. The summed E-state index contributed by atoms with van der Waals surface area (Å²) in [5, 5.41) is 0. The zero-order chi connectivity index (χ0) is 20.5. The standard InChI is InChI=1S/C24H23FN2O2/c1-16-4-3-5-18(12-16)14-26-15-20(8-11-23(26)28)24(29)27-17(2)6-7-19-13-21(25)9-10-22(19)27/h3-5,8-13,15,17H,6-7,14H2,1-2H3/t17-/m1/s1. The zero-order valence-electron chi connectivity index (χ0n) is 16.6. The van der Waals surface area contributed by atoms with Crippen molar-refractivity contribution in [1.29, 1.82) is 0 Å². The smallest absolute Gasteiger partial charge is 0.260 e. The number of nitrogens with zero attached hydrogens (tertiary/aromatic N) is 2. The summed E-state index contributed by atoms with van der Waals surface area (Å²) in [4.78, 5) is 27.4.